The number of benzene rings is 1. The number of amides is 3. The molecular weight excluding hydrogens is 388 g/mol. The first-order chi connectivity index (χ1) is 13.0. The lowest BCUT2D eigenvalue weighted by molar-refractivity contribution is -0.129. The number of hydrogen-bond acceptors (Lipinski definition) is 5. The summed E-state index contributed by atoms with van der Waals surface area (Å²) in [5, 5.41) is 2.64. The Labute approximate surface area is 167 Å². The van der Waals surface area contributed by atoms with E-state index >= 15 is 0 Å². The maximum Gasteiger partial charge on any atom is 0.294 e. The topological polar surface area (TPSA) is 75.7 Å². The van der Waals surface area contributed by atoms with Crippen molar-refractivity contribution in [3.8, 4) is 18.1 Å². The van der Waals surface area contributed by atoms with Gasteiger partial charge in [-0.15, -0.1) is 6.42 Å². The zero-order valence-corrected chi connectivity index (χ0v) is 16.4. The predicted octanol–water partition coefficient (Wildman–Crippen LogP) is 3.30. The van der Waals surface area contributed by atoms with Crippen LogP contribution < -0.4 is 10.1 Å². The number of ether oxygens (including phenoxy) is 1. The molecule has 142 valence electrons. The van der Waals surface area contributed by atoms with Crippen molar-refractivity contribution in [2.24, 2.45) is 0 Å². The molecule has 1 aliphatic heterocycles. The molecule has 1 heterocycles. The van der Waals surface area contributed by atoms with Gasteiger partial charge in [-0.3, -0.25) is 19.3 Å². The molecule has 0 aromatic heterocycles. The first-order valence-corrected chi connectivity index (χ1v) is 9.53. The van der Waals surface area contributed by atoms with Gasteiger partial charge in [0.05, 0.1) is 4.91 Å². The quantitative estimate of drug-likeness (QED) is 0.407. The summed E-state index contributed by atoms with van der Waals surface area (Å²) in [6.07, 6.45) is 8.49. The molecule has 0 radical (unpaired) electrons. The number of unbranched alkanes of at least 4 members (excludes halogenated alkanes) is 1. The van der Waals surface area contributed by atoms with Crippen LogP contribution in [0.1, 0.15) is 25.3 Å². The molecular formula is C19H19ClN2O4S. The van der Waals surface area contributed by atoms with E-state index in [-0.39, 0.29) is 24.0 Å². The molecule has 1 aromatic carbocycles. The lowest BCUT2D eigenvalue weighted by Crippen LogP contribution is -2.39. The fourth-order valence-electron chi connectivity index (χ4n) is 2.26. The molecule has 27 heavy (non-hydrogen) atoms. The third-order valence-corrected chi connectivity index (χ3v) is 4.74. The summed E-state index contributed by atoms with van der Waals surface area (Å²) in [6, 6.07) is 4.88. The number of nitrogens with one attached hydrogen (secondary N) is 1. The van der Waals surface area contributed by atoms with Gasteiger partial charge in [0, 0.05) is 17.1 Å². The first-order valence-electron chi connectivity index (χ1n) is 8.34. The molecule has 0 atom stereocenters. The second-order valence-corrected chi connectivity index (χ2v) is 7.08. The summed E-state index contributed by atoms with van der Waals surface area (Å²) < 4.78 is 5.44. The summed E-state index contributed by atoms with van der Waals surface area (Å²) in [5.41, 5.74) is 0.524. The highest BCUT2D eigenvalue weighted by Gasteiger charge is 2.36. The second kappa shape index (κ2) is 10.0. The van der Waals surface area contributed by atoms with E-state index in [1.165, 1.54) is 6.08 Å². The molecule has 8 heteroatoms. The van der Waals surface area contributed by atoms with Gasteiger partial charge in [-0.2, -0.15) is 0 Å². The fourth-order valence-corrected chi connectivity index (χ4v) is 3.27. The highest BCUT2D eigenvalue weighted by Crippen LogP contribution is 2.34. The van der Waals surface area contributed by atoms with Crippen molar-refractivity contribution in [1.82, 2.24) is 10.2 Å². The average molecular weight is 407 g/mol. The monoisotopic (exact) mass is 406 g/mol. The predicted molar refractivity (Wildman–Crippen MR) is 106 cm³/mol. The number of carbonyl (C=O) groups excluding carboxylic acids is 3. The van der Waals surface area contributed by atoms with Gasteiger partial charge >= 0.3 is 0 Å². The van der Waals surface area contributed by atoms with Gasteiger partial charge in [0.25, 0.3) is 11.1 Å². The van der Waals surface area contributed by atoms with Crippen molar-refractivity contribution >= 4 is 46.5 Å². The summed E-state index contributed by atoms with van der Waals surface area (Å²) in [6.45, 7) is 2.27. The minimum absolute atomic E-state index is 0.0574. The smallest absolute Gasteiger partial charge is 0.294 e. The molecule has 0 aliphatic carbocycles. The summed E-state index contributed by atoms with van der Waals surface area (Å²) in [5.74, 6) is 1.91. The molecule has 6 nitrogen and oxygen atoms in total. The maximum absolute atomic E-state index is 12.5. The molecule has 1 fully saturated rings. The van der Waals surface area contributed by atoms with Crippen molar-refractivity contribution in [1.29, 1.82) is 0 Å². The fraction of sp³-hybridized carbons (Fsp3) is 0.316. The van der Waals surface area contributed by atoms with Gasteiger partial charge in [-0.1, -0.05) is 30.9 Å². The molecule has 1 saturated heterocycles. The van der Waals surface area contributed by atoms with Crippen molar-refractivity contribution in [2.75, 3.05) is 19.7 Å². The summed E-state index contributed by atoms with van der Waals surface area (Å²) in [7, 11) is 0. The number of rotatable bonds is 8. The molecule has 0 unspecified atom stereocenters. The van der Waals surface area contributed by atoms with E-state index in [1.807, 2.05) is 6.92 Å². The van der Waals surface area contributed by atoms with Crippen LogP contribution in [0.2, 0.25) is 5.02 Å². The average Bonchev–Trinajstić information content (AvgIpc) is 2.89. The third kappa shape index (κ3) is 5.78. The highest BCUT2D eigenvalue weighted by atomic mass is 35.5. The highest BCUT2D eigenvalue weighted by molar-refractivity contribution is 8.18. The van der Waals surface area contributed by atoms with Gasteiger partial charge in [0.15, 0.2) is 0 Å². The van der Waals surface area contributed by atoms with E-state index in [0.717, 1.165) is 29.5 Å². The summed E-state index contributed by atoms with van der Waals surface area (Å²) >= 11 is 6.78. The van der Waals surface area contributed by atoms with E-state index in [4.69, 9.17) is 22.8 Å². The van der Waals surface area contributed by atoms with Gasteiger partial charge in [-0.05, 0) is 42.5 Å². The Hall–Kier alpha value is -2.43. The van der Waals surface area contributed by atoms with E-state index in [0.29, 0.717) is 22.9 Å². The SMILES string of the molecule is C#CCOc1ccc(Cl)cc1/C=C1\SC(=O)N(CC(=O)NCCCC)C1=O. The van der Waals surface area contributed by atoms with Crippen LogP contribution >= 0.6 is 23.4 Å². The largest absolute Gasteiger partial charge is 0.480 e. The zero-order valence-electron chi connectivity index (χ0n) is 14.8. The Kier molecular flexibility index (Phi) is 7.77. The van der Waals surface area contributed by atoms with E-state index in [9.17, 15) is 14.4 Å². The van der Waals surface area contributed by atoms with E-state index in [2.05, 4.69) is 11.2 Å². The van der Waals surface area contributed by atoms with Crippen LogP contribution in [0.4, 0.5) is 4.79 Å². The zero-order chi connectivity index (χ0) is 19.8. The van der Waals surface area contributed by atoms with Crippen molar-refractivity contribution < 1.29 is 19.1 Å². The molecule has 2 rings (SSSR count). The van der Waals surface area contributed by atoms with Crippen LogP contribution in [0.5, 0.6) is 5.75 Å². The van der Waals surface area contributed by atoms with Crippen LogP contribution in [-0.2, 0) is 9.59 Å². The standard InChI is InChI=1S/C19H19ClN2O4S/c1-3-5-8-21-17(23)12-22-18(24)16(27-19(22)25)11-13-10-14(20)6-7-15(13)26-9-4-2/h2,6-7,10-11H,3,5,8-9,12H2,1H3,(H,21,23)/b16-11-. The minimum Gasteiger partial charge on any atom is -0.480 e. The lowest BCUT2D eigenvalue weighted by atomic mass is 10.2. The van der Waals surface area contributed by atoms with Crippen LogP contribution in [0, 0.1) is 12.3 Å². The van der Waals surface area contributed by atoms with Gasteiger partial charge in [-0.25, -0.2) is 0 Å². The van der Waals surface area contributed by atoms with Crippen LogP contribution in [0.15, 0.2) is 23.1 Å². The van der Waals surface area contributed by atoms with E-state index in [1.54, 1.807) is 18.2 Å². The van der Waals surface area contributed by atoms with Crippen LogP contribution in [0.3, 0.4) is 0 Å². The van der Waals surface area contributed by atoms with Crippen LogP contribution in [0.25, 0.3) is 6.08 Å². The van der Waals surface area contributed by atoms with Gasteiger partial charge in [0.1, 0.15) is 18.9 Å². The second-order valence-electron chi connectivity index (χ2n) is 5.65. The minimum atomic E-state index is -0.529. The molecule has 0 saturated carbocycles. The molecule has 1 aromatic rings. The number of imide groups is 1. The number of terminal acetylenes is 1. The van der Waals surface area contributed by atoms with E-state index < -0.39 is 11.1 Å². The van der Waals surface area contributed by atoms with Crippen molar-refractivity contribution in [3.63, 3.8) is 0 Å². The van der Waals surface area contributed by atoms with Gasteiger partial charge in [0.2, 0.25) is 5.91 Å². The van der Waals surface area contributed by atoms with Crippen molar-refractivity contribution in [2.45, 2.75) is 19.8 Å². The lowest BCUT2D eigenvalue weighted by Gasteiger charge is -2.12. The van der Waals surface area contributed by atoms with Crippen LogP contribution in [-0.4, -0.2) is 41.6 Å². The van der Waals surface area contributed by atoms with Crippen molar-refractivity contribution in [3.05, 3.63) is 33.7 Å². The normalized spacial score (nSPS) is 15.1. The molecule has 3 amide bonds. The Morgan fingerprint density at radius 1 is 1.44 bits per heavy atom. The number of halogens is 1. The molecule has 0 spiro atoms. The Bertz CT molecular complexity index is 816. The number of hydrogen-bond donors (Lipinski definition) is 1. The number of nitrogens with zero attached hydrogens (tertiary/aromatic N) is 1. The molecule has 0 bridgehead atoms. The Morgan fingerprint density at radius 3 is 2.93 bits per heavy atom. The molecule has 1 N–H and O–H groups in total. The summed E-state index contributed by atoms with van der Waals surface area (Å²) in [4.78, 5) is 37.7. The maximum atomic E-state index is 12.5. The Balaban J connectivity index is 2.15. The molecule has 1 aliphatic rings. The van der Waals surface area contributed by atoms with Gasteiger partial charge < -0.3 is 10.1 Å². The Morgan fingerprint density at radius 2 is 2.22 bits per heavy atom. The first kappa shape index (κ1) is 20.9. The third-order valence-electron chi connectivity index (χ3n) is 3.60. The number of thioether (sulfide) groups is 1. The number of carbonyl (C=O) groups is 3.